The molecule has 1 atom stereocenters. The first-order valence-electron chi connectivity index (χ1n) is 5.10. The van der Waals surface area contributed by atoms with Gasteiger partial charge in [-0.15, -0.1) is 0 Å². The number of nitrogens with one attached hydrogen (secondary N) is 1. The first kappa shape index (κ1) is 11.9. The van der Waals surface area contributed by atoms with Crippen molar-refractivity contribution < 1.29 is 14.7 Å². The Labute approximate surface area is 88.4 Å². The van der Waals surface area contributed by atoms with Crippen LogP contribution in [-0.2, 0) is 9.59 Å². The van der Waals surface area contributed by atoms with Gasteiger partial charge in [-0.2, -0.15) is 0 Å². The fourth-order valence-corrected chi connectivity index (χ4v) is 1.54. The third-order valence-corrected chi connectivity index (χ3v) is 2.31. The number of hydrogen-bond acceptors (Lipinski definition) is 4. The standard InChI is InChI=1S/C9H17N3O3/c10-3-4-11-8(14)9(15)12-5-1-2-7(13)6-12/h7,13H,1-6,10H2,(H,11,14)/t7-/m0/s1. The van der Waals surface area contributed by atoms with E-state index in [4.69, 9.17) is 5.73 Å². The highest BCUT2D eigenvalue weighted by Crippen LogP contribution is 2.09. The van der Waals surface area contributed by atoms with Gasteiger partial charge in [-0.1, -0.05) is 0 Å². The van der Waals surface area contributed by atoms with Crippen molar-refractivity contribution in [2.45, 2.75) is 18.9 Å². The third kappa shape index (κ3) is 3.49. The Morgan fingerprint density at radius 3 is 2.87 bits per heavy atom. The van der Waals surface area contributed by atoms with Crippen LogP contribution in [0.15, 0.2) is 0 Å². The van der Waals surface area contributed by atoms with Crippen molar-refractivity contribution in [3.05, 3.63) is 0 Å². The van der Waals surface area contributed by atoms with Gasteiger partial charge in [0.1, 0.15) is 0 Å². The summed E-state index contributed by atoms with van der Waals surface area (Å²) in [4.78, 5) is 24.2. The molecule has 0 aromatic heterocycles. The number of likely N-dealkylation sites (tertiary alicyclic amines) is 1. The van der Waals surface area contributed by atoms with Gasteiger partial charge in [0.05, 0.1) is 6.10 Å². The summed E-state index contributed by atoms with van der Waals surface area (Å²) in [5.74, 6) is -1.23. The number of nitrogens with two attached hydrogens (primary N) is 1. The summed E-state index contributed by atoms with van der Waals surface area (Å²) in [6.45, 7) is 1.38. The molecule has 1 saturated heterocycles. The van der Waals surface area contributed by atoms with Crippen LogP contribution in [0.5, 0.6) is 0 Å². The van der Waals surface area contributed by atoms with Crippen LogP contribution in [0, 0.1) is 0 Å². The van der Waals surface area contributed by atoms with E-state index in [0.29, 0.717) is 26.1 Å². The summed E-state index contributed by atoms with van der Waals surface area (Å²) in [6.07, 6.45) is 0.913. The Morgan fingerprint density at radius 1 is 1.53 bits per heavy atom. The molecule has 1 fully saturated rings. The Bertz CT molecular complexity index is 245. The number of nitrogens with zero attached hydrogens (tertiary/aromatic N) is 1. The van der Waals surface area contributed by atoms with Crippen LogP contribution in [-0.4, -0.2) is 54.1 Å². The molecule has 1 aliphatic heterocycles. The zero-order valence-electron chi connectivity index (χ0n) is 8.61. The zero-order chi connectivity index (χ0) is 11.3. The molecular formula is C9H17N3O3. The van der Waals surface area contributed by atoms with Crippen molar-refractivity contribution in [2.24, 2.45) is 5.73 Å². The lowest BCUT2D eigenvalue weighted by atomic mass is 10.1. The summed E-state index contributed by atoms with van der Waals surface area (Å²) in [6, 6.07) is 0. The van der Waals surface area contributed by atoms with E-state index in [0.717, 1.165) is 6.42 Å². The smallest absolute Gasteiger partial charge is 0.311 e. The van der Waals surface area contributed by atoms with Gasteiger partial charge in [-0.3, -0.25) is 9.59 Å². The second-order valence-electron chi connectivity index (χ2n) is 3.59. The minimum atomic E-state index is -0.644. The van der Waals surface area contributed by atoms with Crippen LogP contribution in [0.25, 0.3) is 0 Å². The van der Waals surface area contributed by atoms with Gasteiger partial charge < -0.3 is 21.1 Å². The van der Waals surface area contributed by atoms with Gasteiger partial charge >= 0.3 is 11.8 Å². The van der Waals surface area contributed by atoms with E-state index in [1.54, 1.807) is 0 Å². The predicted molar refractivity (Wildman–Crippen MR) is 53.9 cm³/mol. The summed E-state index contributed by atoms with van der Waals surface area (Å²) in [5, 5.41) is 11.7. The molecule has 0 radical (unpaired) electrons. The van der Waals surface area contributed by atoms with E-state index in [2.05, 4.69) is 5.32 Å². The van der Waals surface area contributed by atoms with E-state index in [1.165, 1.54) is 4.90 Å². The average Bonchev–Trinajstić information content (AvgIpc) is 2.24. The lowest BCUT2D eigenvalue weighted by molar-refractivity contribution is -0.147. The average molecular weight is 215 g/mol. The number of β-amino-alcohol motifs (C(OH)–C–C–N with tert-alkyl or cyclic N) is 1. The van der Waals surface area contributed by atoms with Crippen LogP contribution in [0.1, 0.15) is 12.8 Å². The highest BCUT2D eigenvalue weighted by atomic mass is 16.3. The molecule has 1 aliphatic rings. The number of rotatable bonds is 2. The van der Waals surface area contributed by atoms with E-state index in [9.17, 15) is 14.7 Å². The monoisotopic (exact) mass is 215 g/mol. The molecule has 15 heavy (non-hydrogen) atoms. The number of piperidine rings is 1. The molecule has 0 aromatic rings. The second-order valence-corrected chi connectivity index (χ2v) is 3.59. The van der Waals surface area contributed by atoms with Gasteiger partial charge in [0, 0.05) is 26.2 Å². The molecule has 0 unspecified atom stereocenters. The van der Waals surface area contributed by atoms with E-state index in [1.807, 2.05) is 0 Å². The molecule has 6 nitrogen and oxygen atoms in total. The third-order valence-electron chi connectivity index (χ3n) is 2.31. The molecule has 0 aliphatic carbocycles. The molecule has 0 bridgehead atoms. The number of hydrogen-bond donors (Lipinski definition) is 3. The van der Waals surface area contributed by atoms with Crippen LogP contribution in [0.2, 0.25) is 0 Å². The Balaban J connectivity index is 2.41. The van der Waals surface area contributed by atoms with Crippen LogP contribution < -0.4 is 11.1 Å². The number of aliphatic hydroxyl groups is 1. The van der Waals surface area contributed by atoms with Gasteiger partial charge in [-0.25, -0.2) is 0 Å². The molecule has 0 aromatic carbocycles. The molecule has 0 saturated carbocycles. The Hall–Kier alpha value is -1.14. The SMILES string of the molecule is NCCNC(=O)C(=O)N1CCC[C@H](O)C1. The van der Waals surface area contributed by atoms with E-state index >= 15 is 0 Å². The zero-order valence-corrected chi connectivity index (χ0v) is 8.61. The summed E-state index contributed by atoms with van der Waals surface area (Å²) < 4.78 is 0. The normalized spacial score (nSPS) is 21.2. The van der Waals surface area contributed by atoms with Crippen molar-refractivity contribution in [2.75, 3.05) is 26.2 Å². The Kier molecular flexibility index (Phi) is 4.51. The molecule has 0 spiro atoms. The summed E-state index contributed by atoms with van der Waals surface area (Å²) >= 11 is 0. The van der Waals surface area contributed by atoms with Crippen molar-refractivity contribution in [3.8, 4) is 0 Å². The van der Waals surface area contributed by atoms with Gasteiger partial charge in [0.25, 0.3) is 0 Å². The topological polar surface area (TPSA) is 95.7 Å². The molecule has 6 heteroatoms. The molecule has 2 amide bonds. The Morgan fingerprint density at radius 2 is 2.27 bits per heavy atom. The van der Waals surface area contributed by atoms with Gasteiger partial charge in [-0.05, 0) is 12.8 Å². The maximum atomic E-state index is 11.5. The molecule has 86 valence electrons. The summed E-state index contributed by atoms with van der Waals surface area (Å²) in [7, 11) is 0. The maximum Gasteiger partial charge on any atom is 0.311 e. The summed E-state index contributed by atoms with van der Waals surface area (Å²) in [5.41, 5.74) is 5.20. The largest absolute Gasteiger partial charge is 0.391 e. The fraction of sp³-hybridized carbons (Fsp3) is 0.778. The number of aliphatic hydroxyl groups excluding tert-OH is 1. The molecule has 4 N–H and O–H groups in total. The first-order valence-corrected chi connectivity index (χ1v) is 5.10. The van der Waals surface area contributed by atoms with Crippen LogP contribution >= 0.6 is 0 Å². The van der Waals surface area contributed by atoms with E-state index < -0.39 is 17.9 Å². The van der Waals surface area contributed by atoms with Crippen LogP contribution in [0.3, 0.4) is 0 Å². The molecule has 1 heterocycles. The van der Waals surface area contributed by atoms with Crippen molar-refractivity contribution in [3.63, 3.8) is 0 Å². The minimum Gasteiger partial charge on any atom is -0.391 e. The second kappa shape index (κ2) is 5.67. The fourth-order valence-electron chi connectivity index (χ4n) is 1.54. The predicted octanol–water partition coefficient (Wildman–Crippen LogP) is -1.96. The quantitative estimate of drug-likeness (QED) is 0.466. The maximum absolute atomic E-state index is 11.5. The number of amides is 2. The van der Waals surface area contributed by atoms with Gasteiger partial charge in [0.15, 0.2) is 0 Å². The first-order chi connectivity index (χ1) is 7.15. The molecular weight excluding hydrogens is 198 g/mol. The van der Waals surface area contributed by atoms with Crippen molar-refractivity contribution in [1.82, 2.24) is 10.2 Å². The van der Waals surface area contributed by atoms with Crippen LogP contribution in [0.4, 0.5) is 0 Å². The van der Waals surface area contributed by atoms with E-state index in [-0.39, 0.29) is 6.54 Å². The lowest BCUT2D eigenvalue weighted by Gasteiger charge is -2.29. The van der Waals surface area contributed by atoms with Crippen molar-refractivity contribution in [1.29, 1.82) is 0 Å². The number of carbonyl (C=O) groups excluding carboxylic acids is 2. The molecule has 1 rings (SSSR count). The highest BCUT2D eigenvalue weighted by Gasteiger charge is 2.26. The highest BCUT2D eigenvalue weighted by molar-refractivity contribution is 6.35. The van der Waals surface area contributed by atoms with Crippen molar-refractivity contribution >= 4 is 11.8 Å². The minimum absolute atomic E-state index is 0.245. The van der Waals surface area contributed by atoms with Gasteiger partial charge in [0.2, 0.25) is 0 Å². The number of carbonyl (C=O) groups is 2. The lowest BCUT2D eigenvalue weighted by Crippen LogP contribution is -2.49.